The number of carboxylic acids is 1. The number of benzene rings is 3. The summed E-state index contributed by atoms with van der Waals surface area (Å²) in [4.78, 5) is 29.1. The summed E-state index contributed by atoms with van der Waals surface area (Å²) in [5.74, 6) is 0.263. The number of fused-ring (bicyclic) bond motifs is 1. The smallest absolute Gasteiger partial charge is 0.335 e. The van der Waals surface area contributed by atoms with Gasteiger partial charge in [-0.2, -0.15) is 4.98 Å². The number of hydrogen-bond donors (Lipinski definition) is 3. The fourth-order valence-electron chi connectivity index (χ4n) is 3.44. The lowest BCUT2D eigenvalue weighted by atomic mass is 10.2. The molecule has 0 aliphatic carbocycles. The first kappa shape index (κ1) is 20.1. The predicted octanol–water partition coefficient (Wildman–Crippen LogP) is 4.26. The zero-order chi connectivity index (χ0) is 22.6. The fraction of sp³-hybridized carbons (Fsp3) is 0.0417. The number of aromatic carboxylic acids is 1. The fourth-order valence-corrected chi connectivity index (χ4v) is 3.44. The Hall–Kier alpha value is -4.79. The molecule has 9 heteroatoms. The zero-order valence-corrected chi connectivity index (χ0v) is 17.4. The molecule has 0 bridgehead atoms. The molecule has 0 saturated heterocycles. The lowest BCUT2D eigenvalue weighted by molar-refractivity contribution is 0.0697. The molecular formula is C24H19N7O2. The molecule has 0 atom stereocenters. The second kappa shape index (κ2) is 8.75. The second-order valence-corrected chi connectivity index (χ2v) is 7.22. The lowest BCUT2D eigenvalue weighted by Crippen LogP contribution is -2.10. The van der Waals surface area contributed by atoms with Gasteiger partial charge in [0, 0.05) is 12.2 Å². The van der Waals surface area contributed by atoms with E-state index in [2.05, 4.69) is 25.6 Å². The third-order valence-electron chi connectivity index (χ3n) is 4.98. The summed E-state index contributed by atoms with van der Waals surface area (Å²) in [5.41, 5.74) is 3.50. The van der Waals surface area contributed by atoms with E-state index in [1.54, 1.807) is 12.1 Å². The van der Waals surface area contributed by atoms with Crippen LogP contribution in [0.1, 0.15) is 15.9 Å². The number of para-hydroxylation sites is 2. The molecule has 0 saturated carbocycles. The average molecular weight is 437 g/mol. The number of imidazole rings is 1. The predicted molar refractivity (Wildman–Crippen MR) is 125 cm³/mol. The number of nitrogens with one attached hydrogen (secondary N) is 2. The average Bonchev–Trinajstić information content (AvgIpc) is 3.22. The van der Waals surface area contributed by atoms with Crippen LogP contribution in [0.15, 0.2) is 85.2 Å². The summed E-state index contributed by atoms with van der Waals surface area (Å²) < 4.78 is 1.83. The number of hydrogen-bond acceptors (Lipinski definition) is 7. The molecule has 0 unspecified atom stereocenters. The van der Waals surface area contributed by atoms with Crippen molar-refractivity contribution in [1.29, 1.82) is 0 Å². The van der Waals surface area contributed by atoms with Crippen LogP contribution in [0.5, 0.6) is 0 Å². The minimum Gasteiger partial charge on any atom is -0.478 e. The van der Waals surface area contributed by atoms with Crippen molar-refractivity contribution in [3.8, 4) is 5.95 Å². The highest BCUT2D eigenvalue weighted by Crippen LogP contribution is 2.24. The van der Waals surface area contributed by atoms with Gasteiger partial charge in [-0.05, 0) is 35.9 Å². The Morgan fingerprint density at radius 3 is 2.58 bits per heavy atom. The van der Waals surface area contributed by atoms with E-state index in [4.69, 9.17) is 4.98 Å². The van der Waals surface area contributed by atoms with Gasteiger partial charge in [-0.25, -0.2) is 24.3 Å². The van der Waals surface area contributed by atoms with E-state index >= 15 is 0 Å². The molecule has 0 aliphatic rings. The monoisotopic (exact) mass is 437 g/mol. The quantitative estimate of drug-likeness (QED) is 0.346. The van der Waals surface area contributed by atoms with Crippen LogP contribution < -0.4 is 10.6 Å². The van der Waals surface area contributed by atoms with Crippen LogP contribution in [0, 0.1) is 0 Å². The van der Waals surface area contributed by atoms with Crippen molar-refractivity contribution in [2.24, 2.45) is 0 Å². The summed E-state index contributed by atoms with van der Waals surface area (Å²) in [6.45, 7) is 0.586. The van der Waals surface area contributed by atoms with Gasteiger partial charge in [0.25, 0.3) is 0 Å². The molecule has 0 aliphatic heterocycles. The minimum atomic E-state index is -1.01. The summed E-state index contributed by atoms with van der Waals surface area (Å²) in [5, 5.41) is 15.6. The first-order valence-corrected chi connectivity index (χ1v) is 10.2. The number of carboxylic acid groups (broad SMARTS) is 1. The molecule has 5 aromatic rings. The third kappa shape index (κ3) is 4.33. The first-order valence-electron chi connectivity index (χ1n) is 10.2. The maximum atomic E-state index is 11.3. The molecule has 3 N–H and O–H groups in total. The van der Waals surface area contributed by atoms with Crippen molar-refractivity contribution in [1.82, 2.24) is 24.5 Å². The molecule has 2 aromatic heterocycles. The molecule has 9 nitrogen and oxygen atoms in total. The van der Waals surface area contributed by atoms with Gasteiger partial charge in [-0.15, -0.1) is 0 Å². The summed E-state index contributed by atoms with van der Waals surface area (Å²) in [7, 11) is 0. The van der Waals surface area contributed by atoms with E-state index in [0.29, 0.717) is 24.1 Å². The van der Waals surface area contributed by atoms with Crippen LogP contribution in [0.2, 0.25) is 0 Å². The van der Waals surface area contributed by atoms with Crippen LogP contribution >= 0.6 is 0 Å². The van der Waals surface area contributed by atoms with E-state index in [-0.39, 0.29) is 11.5 Å². The molecule has 0 amide bonds. The SMILES string of the molecule is O=C(O)c1cccc(Nc2ncnc(-n3c(NCc4ccccc4)nc4ccccc43)n2)c1. The largest absolute Gasteiger partial charge is 0.478 e. The topological polar surface area (TPSA) is 118 Å². The summed E-state index contributed by atoms with van der Waals surface area (Å²) >= 11 is 0. The molecule has 0 spiro atoms. The molecule has 3 aromatic carbocycles. The minimum absolute atomic E-state index is 0.169. The number of carbonyl (C=O) groups is 1. The number of nitrogens with zero attached hydrogens (tertiary/aromatic N) is 5. The van der Waals surface area contributed by atoms with Gasteiger partial charge >= 0.3 is 5.97 Å². The van der Waals surface area contributed by atoms with Gasteiger partial charge in [-0.1, -0.05) is 48.5 Å². The van der Waals surface area contributed by atoms with Crippen LogP contribution in [-0.4, -0.2) is 35.6 Å². The Morgan fingerprint density at radius 1 is 0.909 bits per heavy atom. The van der Waals surface area contributed by atoms with Crippen LogP contribution in [-0.2, 0) is 6.54 Å². The van der Waals surface area contributed by atoms with E-state index in [1.165, 1.54) is 18.5 Å². The maximum absolute atomic E-state index is 11.3. The maximum Gasteiger partial charge on any atom is 0.335 e. The van der Waals surface area contributed by atoms with Crippen molar-refractivity contribution in [3.05, 3.63) is 96.3 Å². The Kier molecular flexibility index (Phi) is 5.34. The van der Waals surface area contributed by atoms with Gasteiger partial charge in [0.1, 0.15) is 6.33 Å². The number of anilines is 3. The van der Waals surface area contributed by atoms with Gasteiger partial charge in [0.2, 0.25) is 17.8 Å². The highest BCUT2D eigenvalue weighted by Gasteiger charge is 2.15. The number of aromatic nitrogens is 5. The van der Waals surface area contributed by atoms with Crippen molar-refractivity contribution >= 4 is 34.6 Å². The van der Waals surface area contributed by atoms with Gasteiger partial charge < -0.3 is 15.7 Å². The van der Waals surface area contributed by atoms with Gasteiger partial charge in [0.05, 0.1) is 16.6 Å². The summed E-state index contributed by atoms with van der Waals surface area (Å²) in [6.07, 6.45) is 1.40. The van der Waals surface area contributed by atoms with E-state index in [1.807, 2.05) is 59.2 Å². The zero-order valence-electron chi connectivity index (χ0n) is 17.4. The second-order valence-electron chi connectivity index (χ2n) is 7.22. The van der Waals surface area contributed by atoms with Crippen LogP contribution in [0.4, 0.5) is 17.6 Å². The molecule has 5 rings (SSSR count). The molecule has 33 heavy (non-hydrogen) atoms. The van der Waals surface area contributed by atoms with Crippen LogP contribution in [0.3, 0.4) is 0 Å². The van der Waals surface area contributed by atoms with Crippen molar-refractivity contribution in [3.63, 3.8) is 0 Å². The standard InChI is InChI=1S/C24H19N7O2/c32-21(33)17-9-6-10-18(13-17)28-22-26-15-27-24(30-22)31-20-12-5-4-11-19(20)29-23(31)25-14-16-7-2-1-3-8-16/h1-13,15H,14H2,(H,25,29)(H,32,33)(H,26,27,28,30). The van der Waals surface area contributed by atoms with E-state index in [9.17, 15) is 9.90 Å². The summed E-state index contributed by atoms with van der Waals surface area (Å²) in [6, 6.07) is 24.2. The van der Waals surface area contributed by atoms with Crippen molar-refractivity contribution < 1.29 is 9.90 Å². The Balaban J connectivity index is 1.50. The van der Waals surface area contributed by atoms with E-state index < -0.39 is 5.97 Å². The third-order valence-corrected chi connectivity index (χ3v) is 4.98. The van der Waals surface area contributed by atoms with Gasteiger partial charge in [-0.3, -0.25) is 0 Å². The van der Waals surface area contributed by atoms with Crippen LogP contribution in [0.25, 0.3) is 17.0 Å². The highest BCUT2D eigenvalue weighted by molar-refractivity contribution is 5.89. The van der Waals surface area contributed by atoms with Crippen molar-refractivity contribution in [2.75, 3.05) is 10.6 Å². The molecule has 2 heterocycles. The molecule has 162 valence electrons. The normalized spacial score (nSPS) is 10.8. The molecule has 0 fully saturated rings. The Morgan fingerprint density at radius 2 is 1.73 bits per heavy atom. The van der Waals surface area contributed by atoms with Gasteiger partial charge in [0.15, 0.2) is 0 Å². The lowest BCUT2D eigenvalue weighted by Gasteiger charge is -2.11. The Labute approximate surface area is 188 Å². The molecule has 0 radical (unpaired) electrons. The Bertz CT molecular complexity index is 1430. The van der Waals surface area contributed by atoms with E-state index in [0.717, 1.165) is 16.6 Å². The van der Waals surface area contributed by atoms with Crippen molar-refractivity contribution in [2.45, 2.75) is 6.54 Å². The first-order chi connectivity index (χ1) is 16.2. The molecular weight excluding hydrogens is 418 g/mol. The number of rotatable bonds is 7. The highest BCUT2D eigenvalue weighted by atomic mass is 16.4.